The lowest BCUT2D eigenvalue weighted by atomic mass is 9.87. The van der Waals surface area contributed by atoms with E-state index in [1.807, 2.05) is 0 Å². The number of benzene rings is 2. The maximum Gasteiger partial charge on any atom is 0.411 e. The number of fused-ring (bicyclic) bond motifs is 1. The van der Waals surface area contributed by atoms with E-state index in [4.69, 9.17) is 9.47 Å². The molecule has 3 aliphatic heterocycles. The fraction of sp³-hybridized carbons (Fsp3) is 0.406. The van der Waals surface area contributed by atoms with Crippen LogP contribution in [0.4, 0.5) is 23.7 Å². The molecule has 2 amide bonds. The summed E-state index contributed by atoms with van der Waals surface area (Å²) in [7, 11) is -4.57. The molecule has 0 aliphatic carbocycles. The number of halogens is 3. The van der Waals surface area contributed by atoms with Gasteiger partial charge in [0.2, 0.25) is 5.88 Å². The number of rotatable bonds is 8. The van der Waals surface area contributed by atoms with Gasteiger partial charge in [0.1, 0.15) is 5.82 Å². The summed E-state index contributed by atoms with van der Waals surface area (Å²) >= 11 is 0. The van der Waals surface area contributed by atoms with E-state index in [-0.39, 0.29) is 66.4 Å². The molecule has 1 atom stereocenters. The fourth-order valence-electron chi connectivity index (χ4n) is 6.51. The van der Waals surface area contributed by atoms with Gasteiger partial charge in [0.05, 0.1) is 22.8 Å². The minimum atomic E-state index is -4.57. The SMILES string of the molecule is CCOc1ncccc1C1(OC(=O)N2CCN(C3CCN(C(F)F)CC3)CC2)C(=O)N(S(=O)(=O)c2ccccc2)c2ccc(F)cc21. The third-order valence-corrected chi connectivity index (χ3v) is 10.6. The molecule has 3 aromatic rings. The highest BCUT2D eigenvalue weighted by molar-refractivity contribution is 7.93. The molecule has 15 heteroatoms. The Bertz CT molecular complexity index is 1730. The standard InChI is InChI=1S/C32H34F3N5O6S/c1-2-45-28-25(9-6-14-36-28)32(46-31(42)39-19-17-37(18-20-39)23-12-15-38(16-13-23)30(34)35)26-21-22(33)10-11-27(26)40(29(32)41)47(43,44)24-7-4-3-5-8-24/h3-11,14,21,23,30H,2,12-13,15-20H2,1H3. The first-order valence-electron chi connectivity index (χ1n) is 15.3. The summed E-state index contributed by atoms with van der Waals surface area (Å²) in [5, 5.41) is 0. The van der Waals surface area contributed by atoms with Gasteiger partial charge in [0, 0.05) is 57.1 Å². The molecule has 6 rings (SSSR count). The number of likely N-dealkylation sites (tertiary alicyclic amines) is 1. The van der Waals surface area contributed by atoms with Crippen LogP contribution in [0.5, 0.6) is 5.88 Å². The van der Waals surface area contributed by atoms with Crippen LogP contribution < -0.4 is 9.04 Å². The van der Waals surface area contributed by atoms with Crippen molar-refractivity contribution in [3.05, 3.63) is 83.8 Å². The summed E-state index contributed by atoms with van der Waals surface area (Å²) in [5.74, 6) is -2.04. The summed E-state index contributed by atoms with van der Waals surface area (Å²) < 4.78 is 81.6. The second-order valence-electron chi connectivity index (χ2n) is 11.5. The third kappa shape index (κ3) is 5.91. The predicted octanol–water partition coefficient (Wildman–Crippen LogP) is 4.04. The number of hydrogen-bond acceptors (Lipinski definition) is 9. The average Bonchev–Trinajstić information content (AvgIpc) is 3.33. The third-order valence-electron chi connectivity index (χ3n) is 8.86. The van der Waals surface area contributed by atoms with Crippen molar-refractivity contribution < 1.29 is 40.7 Å². The van der Waals surface area contributed by atoms with Gasteiger partial charge in [-0.25, -0.2) is 27.5 Å². The van der Waals surface area contributed by atoms with Crippen LogP contribution in [0.25, 0.3) is 0 Å². The number of aromatic nitrogens is 1. The van der Waals surface area contributed by atoms with Gasteiger partial charge in [-0.3, -0.25) is 9.69 Å². The van der Waals surface area contributed by atoms with E-state index in [1.165, 1.54) is 47.5 Å². The molecular formula is C32H34F3N5O6S. The van der Waals surface area contributed by atoms with Crippen molar-refractivity contribution in [3.8, 4) is 5.88 Å². The van der Waals surface area contributed by atoms with Crippen LogP contribution in [0, 0.1) is 5.82 Å². The smallest absolute Gasteiger partial charge is 0.411 e. The summed E-state index contributed by atoms with van der Waals surface area (Å²) in [4.78, 5) is 37.4. The molecule has 2 saturated heterocycles. The van der Waals surface area contributed by atoms with Gasteiger partial charge in [-0.15, -0.1) is 0 Å². The van der Waals surface area contributed by atoms with Crippen molar-refractivity contribution in [3.63, 3.8) is 0 Å². The lowest BCUT2D eigenvalue weighted by molar-refractivity contribution is -0.132. The van der Waals surface area contributed by atoms with E-state index in [2.05, 4.69) is 9.88 Å². The van der Waals surface area contributed by atoms with Crippen molar-refractivity contribution >= 4 is 27.7 Å². The Morgan fingerprint density at radius 3 is 2.34 bits per heavy atom. The number of anilines is 1. The van der Waals surface area contributed by atoms with Crippen molar-refractivity contribution in [2.24, 2.45) is 0 Å². The van der Waals surface area contributed by atoms with Crippen LogP contribution in [0.15, 0.2) is 71.8 Å². The second kappa shape index (κ2) is 13.1. The van der Waals surface area contributed by atoms with Crippen molar-refractivity contribution in [1.82, 2.24) is 19.7 Å². The van der Waals surface area contributed by atoms with Gasteiger partial charge in [-0.05, 0) is 62.2 Å². The summed E-state index contributed by atoms with van der Waals surface area (Å²) in [6.45, 7) is 1.14. The lowest BCUT2D eigenvalue weighted by Crippen LogP contribution is -2.56. The molecule has 0 spiro atoms. The van der Waals surface area contributed by atoms with Crippen molar-refractivity contribution in [1.29, 1.82) is 0 Å². The number of carbonyl (C=O) groups excluding carboxylic acids is 2. The molecule has 2 fully saturated rings. The minimum absolute atomic E-state index is 0.0674. The fourth-order valence-corrected chi connectivity index (χ4v) is 7.98. The topological polar surface area (TPSA) is 113 Å². The number of nitrogens with zero attached hydrogens (tertiary/aromatic N) is 5. The number of carbonyl (C=O) groups is 2. The first kappa shape index (κ1) is 32.7. The Kier molecular flexibility index (Phi) is 9.14. The first-order chi connectivity index (χ1) is 22.6. The average molecular weight is 674 g/mol. The van der Waals surface area contributed by atoms with E-state index < -0.39 is 40.0 Å². The van der Waals surface area contributed by atoms with Gasteiger partial charge < -0.3 is 14.4 Å². The zero-order valence-electron chi connectivity index (χ0n) is 25.6. The van der Waals surface area contributed by atoms with Crippen LogP contribution in [0.2, 0.25) is 0 Å². The zero-order valence-corrected chi connectivity index (χ0v) is 26.4. The van der Waals surface area contributed by atoms with Crippen LogP contribution in [-0.2, 0) is 25.2 Å². The van der Waals surface area contributed by atoms with Gasteiger partial charge >= 0.3 is 6.09 Å². The summed E-state index contributed by atoms with van der Waals surface area (Å²) in [6, 6.07) is 13.4. The first-order valence-corrected chi connectivity index (χ1v) is 16.8. The molecule has 2 aromatic carbocycles. The Labute approximate surface area is 270 Å². The number of ether oxygens (including phenoxy) is 2. The normalized spacial score (nSPS) is 21.3. The van der Waals surface area contributed by atoms with Crippen molar-refractivity contribution in [2.75, 3.05) is 50.2 Å². The van der Waals surface area contributed by atoms with Crippen LogP contribution in [0.1, 0.15) is 30.9 Å². The number of alkyl halides is 2. The molecular weight excluding hydrogens is 639 g/mol. The molecule has 47 heavy (non-hydrogen) atoms. The van der Waals surface area contributed by atoms with Crippen LogP contribution in [0.3, 0.4) is 0 Å². The maximum atomic E-state index is 15.0. The molecule has 1 unspecified atom stereocenters. The van der Waals surface area contributed by atoms with E-state index in [9.17, 15) is 31.2 Å². The van der Waals surface area contributed by atoms with E-state index in [1.54, 1.807) is 13.0 Å². The highest BCUT2D eigenvalue weighted by atomic mass is 32.2. The number of piperazine rings is 1. The number of pyridine rings is 1. The van der Waals surface area contributed by atoms with Gasteiger partial charge in [0.15, 0.2) is 0 Å². The Morgan fingerprint density at radius 1 is 0.979 bits per heavy atom. The number of hydrogen-bond donors (Lipinski definition) is 0. The molecule has 3 aliphatic rings. The van der Waals surface area contributed by atoms with Crippen LogP contribution >= 0.6 is 0 Å². The highest BCUT2D eigenvalue weighted by Crippen LogP contribution is 2.51. The zero-order chi connectivity index (χ0) is 33.3. The van der Waals surface area contributed by atoms with E-state index in [0.29, 0.717) is 30.2 Å². The number of sulfonamides is 1. The molecule has 4 heterocycles. The molecule has 11 nitrogen and oxygen atoms in total. The molecule has 250 valence electrons. The van der Waals surface area contributed by atoms with E-state index in [0.717, 1.165) is 23.1 Å². The number of piperidine rings is 1. The molecule has 1 aromatic heterocycles. The summed E-state index contributed by atoms with van der Waals surface area (Å²) in [6.07, 6.45) is 1.62. The largest absolute Gasteiger partial charge is 0.478 e. The lowest BCUT2D eigenvalue weighted by Gasteiger charge is -2.42. The molecule has 0 N–H and O–H groups in total. The van der Waals surface area contributed by atoms with Crippen LogP contribution in [-0.4, -0.2) is 98.6 Å². The van der Waals surface area contributed by atoms with Gasteiger partial charge in [-0.1, -0.05) is 18.2 Å². The van der Waals surface area contributed by atoms with Crippen molar-refractivity contribution in [2.45, 2.75) is 42.9 Å². The second-order valence-corrected chi connectivity index (χ2v) is 13.2. The Morgan fingerprint density at radius 2 is 1.68 bits per heavy atom. The Hall–Kier alpha value is -4.21. The maximum absolute atomic E-state index is 15.0. The highest BCUT2D eigenvalue weighted by Gasteiger charge is 2.61. The van der Waals surface area contributed by atoms with E-state index >= 15 is 0 Å². The van der Waals surface area contributed by atoms with Gasteiger partial charge in [-0.2, -0.15) is 13.1 Å². The Balaban J connectivity index is 1.36. The number of amides is 2. The van der Waals surface area contributed by atoms with Gasteiger partial charge in [0.25, 0.3) is 28.1 Å². The predicted molar refractivity (Wildman–Crippen MR) is 164 cm³/mol. The molecule has 0 bridgehead atoms. The minimum Gasteiger partial charge on any atom is -0.478 e. The molecule has 0 radical (unpaired) electrons. The monoisotopic (exact) mass is 673 g/mol. The quantitative estimate of drug-likeness (QED) is 0.327. The summed E-state index contributed by atoms with van der Waals surface area (Å²) in [5.41, 5.74) is -2.93. The molecule has 0 saturated carbocycles.